The smallest absolute Gasteiger partial charge is 0.423 e. The van der Waals surface area contributed by atoms with Crippen LogP contribution in [0.25, 0.3) is 11.0 Å². The number of nitrogens with two attached hydrogens (primary N) is 1. The Morgan fingerprint density at radius 3 is 2.82 bits per heavy atom. The molecule has 0 aliphatic carbocycles. The molecule has 1 aromatic carbocycles. The van der Waals surface area contributed by atoms with Gasteiger partial charge in [-0.2, -0.15) is 8.78 Å². The number of nitrogens with zero attached hydrogens (tertiary/aromatic N) is 2. The van der Waals surface area contributed by atoms with Gasteiger partial charge in [0.2, 0.25) is 5.95 Å². The molecule has 22 heavy (non-hydrogen) atoms. The molecule has 0 spiro atoms. The van der Waals surface area contributed by atoms with Crippen molar-refractivity contribution in [3.8, 4) is 5.75 Å². The van der Waals surface area contributed by atoms with E-state index in [0.717, 1.165) is 0 Å². The van der Waals surface area contributed by atoms with Gasteiger partial charge in [0.1, 0.15) is 0 Å². The van der Waals surface area contributed by atoms with Gasteiger partial charge < -0.3 is 25.5 Å². The number of anilines is 2. The highest BCUT2D eigenvalue weighted by molar-refractivity contribution is 6.01. The van der Waals surface area contributed by atoms with Crippen molar-refractivity contribution in [1.82, 2.24) is 9.55 Å². The summed E-state index contributed by atoms with van der Waals surface area (Å²) in [6.07, 6.45) is -3.94. The van der Waals surface area contributed by atoms with Crippen molar-refractivity contribution in [2.75, 3.05) is 11.1 Å². The number of fused-ring (bicyclic) bond motifs is 2. The molecule has 0 atom stereocenters. The normalized spacial score (nSPS) is 17.0. The molecule has 0 unspecified atom stereocenters. The van der Waals surface area contributed by atoms with E-state index in [9.17, 15) is 18.7 Å². The Kier molecular flexibility index (Phi) is 2.83. The van der Waals surface area contributed by atoms with Crippen LogP contribution in [0.2, 0.25) is 0 Å². The van der Waals surface area contributed by atoms with Gasteiger partial charge in [-0.25, -0.2) is 4.98 Å². The molecule has 0 saturated heterocycles. The van der Waals surface area contributed by atoms with E-state index in [0.29, 0.717) is 11.0 Å². The number of imidazole rings is 1. The molecule has 1 amide bonds. The second-order valence-electron chi connectivity index (χ2n) is 5.78. The van der Waals surface area contributed by atoms with Gasteiger partial charge >= 0.3 is 12.0 Å². The van der Waals surface area contributed by atoms with Crippen molar-refractivity contribution in [1.29, 1.82) is 0 Å². The van der Waals surface area contributed by atoms with E-state index in [2.05, 4.69) is 15.0 Å². The van der Waals surface area contributed by atoms with Gasteiger partial charge in [-0.15, -0.1) is 0 Å². The minimum Gasteiger partial charge on any atom is -0.423 e. The van der Waals surface area contributed by atoms with Crippen molar-refractivity contribution in [2.45, 2.75) is 32.1 Å². The van der Waals surface area contributed by atoms with Crippen LogP contribution in [0.3, 0.4) is 0 Å². The molecule has 0 fully saturated rings. The standard InChI is InChI=1S/C13H14F2N4O3/c1-12(2,21)5-19-8-4-9-7(3-6(8)18-11(19)16)17-10(20)13(14,15)22-9/h3-4,21H,5H2,1-2H3,(H2,16,18)(H,17,20). The number of aliphatic hydroxyl groups is 1. The molecule has 2 heterocycles. The van der Waals surface area contributed by atoms with Crippen molar-refractivity contribution < 1.29 is 23.4 Å². The highest BCUT2D eigenvalue weighted by Crippen LogP contribution is 2.38. The average molecular weight is 312 g/mol. The quantitative estimate of drug-likeness (QED) is 0.776. The fourth-order valence-corrected chi connectivity index (χ4v) is 2.29. The van der Waals surface area contributed by atoms with Crippen molar-refractivity contribution in [2.24, 2.45) is 0 Å². The molecule has 3 rings (SSSR count). The average Bonchev–Trinajstić information content (AvgIpc) is 2.63. The SMILES string of the molecule is CC(C)(O)Cn1c(N)nc2cc3c(cc21)OC(F)(F)C(=O)N3. The summed E-state index contributed by atoms with van der Waals surface area (Å²) in [5.41, 5.74) is 5.64. The number of benzene rings is 1. The third-order valence-electron chi connectivity index (χ3n) is 3.17. The molecule has 1 aliphatic rings. The zero-order chi connectivity index (χ0) is 16.3. The van der Waals surface area contributed by atoms with E-state index in [1.54, 1.807) is 13.8 Å². The lowest BCUT2D eigenvalue weighted by atomic mass is 10.1. The summed E-state index contributed by atoms with van der Waals surface area (Å²) in [6.45, 7) is 3.29. The van der Waals surface area contributed by atoms with Gasteiger partial charge in [-0.1, -0.05) is 0 Å². The van der Waals surface area contributed by atoms with Crippen molar-refractivity contribution in [3.05, 3.63) is 12.1 Å². The zero-order valence-electron chi connectivity index (χ0n) is 11.9. The van der Waals surface area contributed by atoms with Crippen LogP contribution in [-0.2, 0) is 11.3 Å². The molecule has 118 valence electrons. The first-order valence-electron chi connectivity index (χ1n) is 6.47. The summed E-state index contributed by atoms with van der Waals surface area (Å²) in [5.74, 6) is -1.60. The highest BCUT2D eigenvalue weighted by Gasteiger charge is 2.46. The Morgan fingerprint density at radius 2 is 2.18 bits per heavy atom. The Bertz CT molecular complexity index is 780. The van der Waals surface area contributed by atoms with Gasteiger partial charge in [-0.05, 0) is 19.9 Å². The highest BCUT2D eigenvalue weighted by atomic mass is 19.3. The van der Waals surface area contributed by atoms with Crippen LogP contribution in [0.4, 0.5) is 20.4 Å². The maximum atomic E-state index is 13.3. The molecule has 0 saturated carbocycles. The van der Waals surface area contributed by atoms with Crippen LogP contribution in [0.5, 0.6) is 5.75 Å². The van der Waals surface area contributed by atoms with E-state index in [-0.39, 0.29) is 23.9 Å². The monoisotopic (exact) mass is 312 g/mol. The number of alkyl halides is 2. The number of hydrogen-bond donors (Lipinski definition) is 3. The lowest BCUT2D eigenvalue weighted by Crippen LogP contribution is -2.43. The number of hydrogen-bond acceptors (Lipinski definition) is 5. The Labute approximate surface area is 123 Å². The maximum absolute atomic E-state index is 13.3. The number of carbonyl (C=O) groups is 1. The predicted octanol–water partition coefficient (Wildman–Crippen LogP) is 1.31. The fourth-order valence-electron chi connectivity index (χ4n) is 2.29. The van der Waals surface area contributed by atoms with E-state index in [1.165, 1.54) is 16.7 Å². The van der Waals surface area contributed by atoms with E-state index < -0.39 is 17.6 Å². The topological polar surface area (TPSA) is 102 Å². The zero-order valence-corrected chi connectivity index (χ0v) is 11.9. The number of halogens is 2. The Balaban J connectivity index is 2.15. The third kappa shape index (κ3) is 2.33. The number of nitrogens with one attached hydrogen (secondary N) is 1. The molecule has 7 nitrogen and oxygen atoms in total. The molecule has 1 aliphatic heterocycles. The number of carbonyl (C=O) groups excluding carboxylic acids is 1. The summed E-state index contributed by atoms with van der Waals surface area (Å²) >= 11 is 0. The van der Waals surface area contributed by atoms with Crippen LogP contribution in [0, 0.1) is 0 Å². The number of nitrogen functional groups attached to an aromatic ring is 1. The first-order valence-corrected chi connectivity index (χ1v) is 6.47. The van der Waals surface area contributed by atoms with Gasteiger partial charge in [0.05, 0.1) is 28.9 Å². The van der Waals surface area contributed by atoms with Crippen LogP contribution in [0.15, 0.2) is 12.1 Å². The maximum Gasteiger partial charge on any atom is 0.482 e. The van der Waals surface area contributed by atoms with Gasteiger partial charge in [0, 0.05) is 6.07 Å². The Morgan fingerprint density at radius 1 is 1.50 bits per heavy atom. The predicted molar refractivity (Wildman–Crippen MR) is 74.6 cm³/mol. The minimum atomic E-state index is -3.94. The van der Waals surface area contributed by atoms with Crippen LogP contribution < -0.4 is 15.8 Å². The lowest BCUT2D eigenvalue weighted by molar-refractivity contribution is -0.189. The second-order valence-corrected chi connectivity index (χ2v) is 5.78. The summed E-state index contributed by atoms with van der Waals surface area (Å²) in [5, 5.41) is 12.0. The molecule has 4 N–H and O–H groups in total. The first kappa shape index (κ1) is 14.5. The summed E-state index contributed by atoms with van der Waals surface area (Å²) in [4.78, 5) is 15.3. The molecular weight excluding hydrogens is 298 g/mol. The number of amides is 1. The number of ether oxygens (including phenoxy) is 1. The van der Waals surface area contributed by atoms with Crippen LogP contribution in [0.1, 0.15) is 13.8 Å². The third-order valence-corrected chi connectivity index (χ3v) is 3.17. The summed E-state index contributed by atoms with van der Waals surface area (Å²) < 4.78 is 32.6. The second kappa shape index (κ2) is 4.29. The van der Waals surface area contributed by atoms with Gasteiger partial charge in [0.15, 0.2) is 5.75 Å². The molecule has 2 aromatic rings. The fraction of sp³-hybridized carbons (Fsp3) is 0.385. The Hall–Kier alpha value is -2.42. The molecule has 0 radical (unpaired) electrons. The molecule has 0 bridgehead atoms. The lowest BCUT2D eigenvalue weighted by Gasteiger charge is -2.25. The van der Waals surface area contributed by atoms with Crippen molar-refractivity contribution >= 4 is 28.6 Å². The van der Waals surface area contributed by atoms with Gasteiger partial charge in [-0.3, -0.25) is 4.79 Å². The van der Waals surface area contributed by atoms with Crippen LogP contribution in [-0.4, -0.2) is 32.3 Å². The van der Waals surface area contributed by atoms with Gasteiger partial charge in [0.25, 0.3) is 0 Å². The van der Waals surface area contributed by atoms with E-state index in [4.69, 9.17) is 5.73 Å². The first-order chi connectivity index (χ1) is 10.1. The van der Waals surface area contributed by atoms with Crippen molar-refractivity contribution in [3.63, 3.8) is 0 Å². The summed E-state index contributed by atoms with van der Waals surface area (Å²) in [7, 11) is 0. The summed E-state index contributed by atoms with van der Waals surface area (Å²) in [6, 6.07) is 2.71. The minimum absolute atomic E-state index is 0.0938. The van der Waals surface area contributed by atoms with Crippen LogP contribution >= 0.6 is 0 Å². The van der Waals surface area contributed by atoms with E-state index in [1.807, 2.05) is 0 Å². The number of aromatic nitrogens is 2. The molecule has 9 heteroatoms. The molecular formula is C13H14F2N4O3. The number of rotatable bonds is 2. The largest absolute Gasteiger partial charge is 0.482 e. The van der Waals surface area contributed by atoms with E-state index >= 15 is 0 Å². The molecule has 1 aromatic heterocycles.